The third-order valence-corrected chi connectivity index (χ3v) is 5.28. The zero-order valence-corrected chi connectivity index (χ0v) is 17.9. The SMILES string of the molecule is CCc1nsc(N2CCCN(C(=O)C(N)Cc3ccccc3)CC2)n1.Cl.Cl. The van der Waals surface area contributed by atoms with Gasteiger partial charge in [-0.05, 0) is 18.4 Å². The summed E-state index contributed by atoms with van der Waals surface area (Å²) in [5.74, 6) is 0.930. The number of halogens is 2. The van der Waals surface area contributed by atoms with Crippen LogP contribution in [0.3, 0.4) is 0 Å². The van der Waals surface area contributed by atoms with Gasteiger partial charge in [0.15, 0.2) is 0 Å². The van der Waals surface area contributed by atoms with Crippen molar-refractivity contribution in [2.75, 3.05) is 31.1 Å². The van der Waals surface area contributed by atoms with Crippen LogP contribution < -0.4 is 10.6 Å². The van der Waals surface area contributed by atoms with E-state index < -0.39 is 6.04 Å². The molecule has 1 fully saturated rings. The third-order valence-electron chi connectivity index (χ3n) is 4.47. The lowest BCUT2D eigenvalue weighted by Crippen LogP contribution is -2.46. The quantitative estimate of drug-likeness (QED) is 0.786. The molecule has 1 aliphatic rings. The van der Waals surface area contributed by atoms with E-state index in [9.17, 15) is 4.79 Å². The van der Waals surface area contributed by atoms with Gasteiger partial charge in [0, 0.05) is 44.1 Å². The van der Waals surface area contributed by atoms with Crippen LogP contribution in [0.2, 0.25) is 0 Å². The Hall–Kier alpha value is -1.41. The highest BCUT2D eigenvalue weighted by Gasteiger charge is 2.25. The molecule has 1 atom stereocenters. The third kappa shape index (κ3) is 6.31. The lowest BCUT2D eigenvalue weighted by atomic mass is 10.1. The Morgan fingerprint density at radius 3 is 2.59 bits per heavy atom. The first kappa shape index (κ1) is 23.6. The molecule has 1 unspecified atom stereocenters. The molecule has 3 rings (SSSR count). The van der Waals surface area contributed by atoms with Crippen molar-refractivity contribution < 1.29 is 4.79 Å². The van der Waals surface area contributed by atoms with E-state index in [-0.39, 0.29) is 30.7 Å². The number of benzene rings is 1. The lowest BCUT2D eigenvalue weighted by molar-refractivity contribution is -0.132. The normalized spacial score (nSPS) is 15.3. The molecule has 1 aliphatic heterocycles. The molecule has 0 bridgehead atoms. The van der Waals surface area contributed by atoms with Crippen LogP contribution in [0.1, 0.15) is 24.7 Å². The Balaban J connectivity index is 0.00000182. The number of amides is 1. The predicted octanol–water partition coefficient (Wildman–Crippen LogP) is 2.55. The second-order valence-corrected chi connectivity index (χ2v) is 7.04. The van der Waals surface area contributed by atoms with Crippen LogP contribution in [0.15, 0.2) is 30.3 Å². The molecule has 2 aromatic rings. The average molecular weight is 432 g/mol. The van der Waals surface area contributed by atoms with Gasteiger partial charge in [0.2, 0.25) is 11.0 Å². The molecule has 0 saturated carbocycles. The van der Waals surface area contributed by atoms with E-state index in [4.69, 9.17) is 5.73 Å². The number of aryl methyl sites for hydroxylation is 1. The summed E-state index contributed by atoms with van der Waals surface area (Å²) in [6.07, 6.45) is 2.35. The van der Waals surface area contributed by atoms with Gasteiger partial charge in [0.25, 0.3) is 0 Å². The minimum atomic E-state index is -0.484. The highest BCUT2D eigenvalue weighted by molar-refractivity contribution is 7.09. The minimum Gasteiger partial charge on any atom is -0.345 e. The second kappa shape index (κ2) is 11.4. The van der Waals surface area contributed by atoms with Crippen LogP contribution >= 0.6 is 36.3 Å². The van der Waals surface area contributed by atoms with E-state index in [1.54, 1.807) is 0 Å². The molecule has 1 aromatic carbocycles. The summed E-state index contributed by atoms with van der Waals surface area (Å²) >= 11 is 1.44. The molecule has 0 aliphatic carbocycles. The van der Waals surface area contributed by atoms with Gasteiger partial charge in [-0.1, -0.05) is 37.3 Å². The molecule has 1 aromatic heterocycles. The van der Waals surface area contributed by atoms with Gasteiger partial charge in [-0.3, -0.25) is 4.79 Å². The fourth-order valence-electron chi connectivity index (χ4n) is 3.04. The highest BCUT2D eigenvalue weighted by atomic mass is 35.5. The summed E-state index contributed by atoms with van der Waals surface area (Å²) < 4.78 is 4.36. The number of aromatic nitrogens is 2. The zero-order chi connectivity index (χ0) is 17.6. The maximum atomic E-state index is 12.7. The zero-order valence-electron chi connectivity index (χ0n) is 15.4. The molecule has 0 spiro atoms. The highest BCUT2D eigenvalue weighted by Crippen LogP contribution is 2.19. The number of nitrogens with two attached hydrogens (primary N) is 1. The van der Waals surface area contributed by atoms with Gasteiger partial charge in [-0.2, -0.15) is 4.37 Å². The molecule has 150 valence electrons. The number of carbonyl (C=O) groups excluding carboxylic acids is 1. The summed E-state index contributed by atoms with van der Waals surface area (Å²) in [4.78, 5) is 21.4. The Bertz CT molecular complexity index is 700. The van der Waals surface area contributed by atoms with Crippen molar-refractivity contribution in [3.63, 3.8) is 0 Å². The maximum Gasteiger partial charge on any atom is 0.239 e. The van der Waals surface area contributed by atoms with E-state index >= 15 is 0 Å². The summed E-state index contributed by atoms with van der Waals surface area (Å²) in [5, 5.41) is 0.958. The number of hydrogen-bond acceptors (Lipinski definition) is 6. The number of rotatable bonds is 5. The van der Waals surface area contributed by atoms with Crippen molar-refractivity contribution in [3.05, 3.63) is 41.7 Å². The largest absolute Gasteiger partial charge is 0.345 e. The van der Waals surface area contributed by atoms with Gasteiger partial charge >= 0.3 is 0 Å². The minimum absolute atomic E-state index is 0. The topological polar surface area (TPSA) is 75.4 Å². The molecule has 27 heavy (non-hydrogen) atoms. The first-order chi connectivity index (χ1) is 12.2. The van der Waals surface area contributed by atoms with Crippen molar-refractivity contribution in [2.24, 2.45) is 5.73 Å². The Morgan fingerprint density at radius 1 is 1.19 bits per heavy atom. The Morgan fingerprint density at radius 2 is 1.93 bits per heavy atom. The Labute approximate surface area is 177 Å². The monoisotopic (exact) mass is 431 g/mol. The van der Waals surface area contributed by atoms with Crippen molar-refractivity contribution >= 4 is 47.4 Å². The smallest absolute Gasteiger partial charge is 0.239 e. The number of anilines is 1. The molecule has 1 saturated heterocycles. The van der Waals surface area contributed by atoms with Crippen molar-refractivity contribution in [1.82, 2.24) is 14.3 Å². The molecule has 2 heterocycles. The predicted molar refractivity (Wildman–Crippen MR) is 115 cm³/mol. The number of carbonyl (C=O) groups is 1. The van der Waals surface area contributed by atoms with E-state index in [2.05, 4.69) is 21.2 Å². The van der Waals surface area contributed by atoms with Gasteiger partial charge in [0.05, 0.1) is 6.04 Å². The molecular formula is C18H27Cl2N5OS. The van der Waals surface area contributed by atoms with E-state index in [1.807, 2.05) is 35.2 Å². The van der Waals surface area contributed by atoms with Gasteiger partial charge < -0.3 is 15.5 Å². The Kier molecular flexibility index (Phi) is 10.0. The van der Waals surface area contributed by atoms with Gasteiger partial charge in [-0.25, -0.2) is 4.98 Å². The first-order valence-electron chi connectivity index (χ1n) is 8.83. The van der Waals surface area contributed by atoms with Crippen molar-refractivity contribution in [1.29, 1.82) is 0 Å². The molecule has 6 nitrogen and oxygen atoms in total. The van der Waals surface area contributed by atoms with E-state index in [0.29, 0.717) is 13.0 Å². The molecule has 9 heteroatoms. The molecular weight excluding hydrogens is 405 g/mol. The van der Waals surface area contributed by atoms with Crippen LogP contribution in [-0.2, 0) is 17.6 Å². The summed E-state index contributed by atoms with van der Waals surface area (Å²) in [7, 11) is 0. The maximum absolute atomic E-state index is 12.7. The summed E-state index contributed by atoms with van der Waals surface area (Å²) in [6.45, 7) is 5.17. The van der Waals surface area contributed by atoms with Crippen LogP contribution in [0, 0.1) is 0 Å². The van der Waals surface area contributed by atoms with Crippen LogP contribution in [-0.4, -0.2) is 52.4 Å². The van der Waals surface area contributed by atoms with E-state index in [1.165, 1.54) is 11.5 Å². The van der Waals surface area contributed by atoms with Crippen LogP contribution in [0.4, 0.5) is 5.13 Å². The fourth-order valence-corrected chi connectivity index (χ4v) is 3.84. The van der Waals surface area contributed by atoms with Crippen LogP contribution in [0.25, 0.3) is 0 Å². The molecule has 2 N–H and O–H groups in total. The van der Waals surface area contributed by atoms with Gasteiger partial charge in [0.1, 0.15) is 5.82 Å². The van der Waals surface area contributed by atoms with Gasteiger partial charge in [-0.15, -0.1) is 24.8 Å². The summed E-state index contributed by atoms with van der Waals surface area (Å²) in [5.41, 5.74) is 7.27. The number of nitrogens with zero attached hydrogens (tertiary/aromatic N) is 4. The van der Waals surface area contributed by atoms with E-state index in [0.717, 1.165) is 49.0 Å². The molecule has 1 amide bonds. The first-order valence-corrected chi connectivity index (χ1v) is 9.60. The number of hydrogen-bond donors (Lipinski definition) is 1. The average Bonchev–Trinajstić information content (AvgIpc) is 2.99. The lowest BCUT2D eigenvalue weighted by Gasteiger charge is -2.24. The van der Waals surface area contributed by atoms with Crippen molar-refractivity contribution in [2.45, 2.75) is 32.2 Å². The van der Waals surface area contributed by atoms with Crippen LogP contribution in [0.5, 0.6) is 0 Å². The summed E-state index contributed by atoms with van der Waals surface area (Å²) in [6, 6.07) is 9.46. The standard InChI is InChI=1S/C18H25N5OS.2ClH/c1-2-16-20-18(25-21-16)23-10-6-9-22(11-12-23)17(24)15(19)13-14-7-4-3-5-8-14;;/h3-5,7-8,15H,2,6,9-13,19H2,1H3;2*1H. The van der Waals surface area contributed by atoms with Crippen molar-refractivity contribution in [3.8, 4) is 0 Å². The fraction of sp³-hybridized carbons (Fsp3) is 0.500. The second-order valence-electron chi connectivity index (χ2n) is 6.31. The molecule has 0 radical (unpaired) electrons.